The van der Waals surface area contributed by atoms with E-state index in [-0.39, 0.29) is 17.9 Å². The molecule has 0 radical (unpaired) electrons. The average molecular weight is 297 g/mol. The molecule has 1 aromatic carbocycles. The third kappa shape index (κ3) is 2.60. The van der Waals surface area contributed by atoms with Crippen LogP contribution in [0.1, 0.15) is 6.42 Å². The monoisotopic (exact) mass is 297 g/mol. The zero-order valence-corrected chi connectivity index (χ0v) is 11.2. The van der Waals surface area contributed by atoms with Gasteiger partial charge in [-0.3, -0.25) is 4.79 Å². The summed E-state index contributed by atoms with van der Waals surface area (Å²) in [5.41, 5.74) is 6.67. The summed E-state index contributed by atoms with van der Waals surface area (Å²) in [7, 11) is -3.89. The van der Waals surface area contributed by atoms with Crippen LogP contribution in [-0.2, 0) is 14.8 Å². The molecule has 1 saturated heterocycles. The summed E-state index contributed by atoms with van der Waals surface area (Å²) in [5, 5.41) is 12.7. The van der Waals surface area contributed by atoms with Gasteiger partial charge in [0.15, 0.2) is 0 Å². The van der Waals surface area contributed by atoms with E-state index >= 15 is 0 Å². The molecule has 0 aromatic heterocycles. The molecule has 0 amide bonds. The smallest absolute Gasteiger partial charge is 0.322 e. The quantitative estimate of drug-likeness (QED) is 0.618. The van der Waals surface area contributed by atoms with Crippen LogP contribution in [0.2, 0.25) is 0 Å². The van der Waals surface area contributed by atoms with Crippen molar-refractivity contribution in [3.05, 3.63) is 30.3 Å². The predicted molar refractivity (Wildman–Crippen MR) is 67.4 cm³/mol. The highest BCUT2D eigenvalue weighted by molar-refractivity contribution is 7.89. The Kier molecular flexibility index (Phi) is 3.93. The van der Waals surface area contributed by atoms with Crippen LogP contribution in [0.15, 0.2) is 40.3 Å². The number of rotatable bonds is 4. The van der Waals surface area contributed by atoms with Crippen molar-refractivity contribution >= 4 is 16.0 Å². The fraction of sp³-hybridized carbons (Fsp3) is 0.364. The molecule has 0 bridgehead atoms. The summed E-state index contributed by atoms with van der Waals surface area (Å²) in [4.78, 5) is 14.1. The first kappa shape index (κ1) is 14.3. The van der Waals surface area contributed by atoms with Gasteiger partial charge in [0.25, 0.3) is 0 Å². The Morgan fingerprint density at radius 3 is 2.60 bits per heavy atom. The topological polar surface area (TPSA) is 125 Å². The molecule has 2 N–H and O–H groups in total. The lowest BCUT2D eigenvalue weighted by Crippen LogP contribution is -2.40. The highest BCUT2D eigenvalue weighted by Gasteiger charge is 2.45. The van der Waals surface area contributed by atoms with Gasteiger partial charge in [-0.15, -0.1) is 0 Å². The molecule has 1 aromatic rings. The van der Waals surface area contributed by atoms with E-state index in [1.807, 2.05) is 0 Å². The lowest BCUT2D eigenvalue weighted by atomic mass is 10.2. The predicted octanol–water partition coefficient (Wildman–Crippen LogP) is 0.453. The number of nitrogens with one attached hydrogen (secondary N) is 1. The summed E-state index contributed by atoms with van der Waals surface area (Å²) in [6, 6.07) is 5.85. The SMILES string of the molecule is N=[N+]=N[C@@H]1C[C@@H](C(=O)O)N(S(=O)(=O)c2ccccc2)C1. The Bertz CT molecular complexity index is 654. The van der Waals surface area contributed by atoms with E-state index in [0.717, 1.165) is 4.31 Å². The molecule has 2 rings (SSSR count). The van der Waals surface area contributed by atoms with E-state index in [1.54, 1.807) is 18.2 Å². The van der Waals surface area contributed by atoms with Gasteiger partial charge in [0.05, 0.1) is 4.90 Å². The molecule has 9 heteroatoms. The van der Waals surface area contributed by atoms with Crippen LogP contribution < -0.4 is 4.91 Å². The van der Waals surface area contributed by atoms with Crippen LogP contribution in [0.5, 0.6) is 0 Å². The Balaban J connectivity index is 2.39. The molecule has 8 nitrogen and oxygen atoms in total. The van der Waals surface area contributed by atoms with Gasteiger partial charge in [-0.1, -0.05) is 18.2 Å². The van der Waals surface area contributed by atoms with Crippen molar-refractivity contribution < 1.29 is 18.3 Å². The Morgan fingerprint density at radius 2 is 2.05 bits per heavy atom. The van der Waals surface area contributed by atoms with Gasteiger partial charge < -0.3 is 5.11 Å². The zero-order valence-electron chi connectivity index (χ0n) is 10.4. The number of hydrogen-bond donors (Lipinski definition) is 2. The molecular weight excluding hydrogens is 284 g/mol. The van der Waals surface area contributed by atoms with E-state index in [9.17, 15) is 13.2 Å². The van der Waals surface area contributed by atoms with E-state index in [4.69, 9.17) is 10.6 Å². The highest BCUT2D eigenvalue weighted by Crippen LogP contribution is 2.27. The number of nitrogens with zero attached hydrogens (tertiary/aromatic N) is 3. The van der Waals surface area contributed by atoms with Crippen molar-refractivity contribution in [1.29, 1.82) is 5.53 Å². The van der Waals surface area contributed by atoms with E-state index in [2.05, 4.69) is 10.0 Å². The Hall–Kier alpha value is -2.09. The van der Waals surface area contributed by atoms with E-state index < -0.39 is 28.1 Å². The number of sulfonamides is 1. The maximum atomic E-state index is 12.4. The summed E-state index contributed by atoms with van der Waals surface area (Å²) in [5.74, 6) is -1.23. The first-order valence-corrected chi connectivity index (χ1v) is 7.27. The summed E-state index contributed by atoms with van der Waals surface area (Å²) in [6.07, 6.45) is 0.0176. The summed E-state index contributed by atoms with van der Waals surface area (Å²) in [6.45, 7) is -0.0867. The number of carbonyl (C=O) groups is 1. The molecule has 2 atom stereocenters. The zero-order chi connectivity index (χ0) is 14.8. The summed E-state index contributed by atoms with van der Waals surface area (Å²) >= 11 is 0. The van der Waals surface area contributed by atoms with Gasteiger partial charge >= 0.3 is 5.97 Å². The van der Waals surface area contributed by atoms with Gasteiger partial charge in [0.2, 0.25) is 14.9 Å². The molecule has 0 unspecified atom stereocenters. The lowest BCUT2D eigenvalue weighted by Gasteiger charge is -2.20. The molecule has 0 saturated carbocycles. The number of hydrogen-bond acceptors (Lipinski definition) is 5. The van der Waals surface area contributed by atoms with Gasteiger partial charge in [-0.2, -0.15) is 4.31 Å². The largest absolute Gasteiger partial charge is 0.480 e. The van der Waals surface area contributed by atoms with Gasteiger partial charge in [0.1, 0.15) is 22.7 Å². The van der Waals surface area contributed by atoms with Crippen molar-refractivity contribution in [2.75, 3.05) is 6.54 Å². The molecule has 0 spiro atoms. The third-order valence-corrected chi connectivity index (χ3v) is 4.98. The first-order valence-electron chi connectivity index (χ1n) is 5.83. The Morgan fingerprint density at radius 1 is 1.40 bits per heavy atom. The van der Waals surface area contributed by atoms with Crippen molar-refractivity contribution in [3.8, 4) is 0 Å². The second-order valence-electron chi connectivity index (χ2n) is 4.35. The van der Waals surface area contributed by atoms with Crippen LogP contribution >= 0.6 is 0 Å². The van der Waals surface area contributed by atoms with Crippen LogP contribution in [0.4, 0.5) is 0 Å². The Labute approximate surface area is 115 Å². The number of carboxylic acids is 1. The number of aliphatic carboxylic acids is 1. The maximum absolute atomic E-state index is 12.4. The molecule has 1 aliphatic heterocycles. The van der Waals surface area contributed by atoms with Crippen molar-refractivity contribution in [1.82, 2.24) is 9.22 Å². The fourth-order valence-corrected chi connectivity index (χ4v) is 3.82. The van der Waals surface area contributed by atoms with Crippen molar-refractivity contribution in [3.63, 3.8) is 0 Å². The minimum atomic E-state index is -3.89. The molecule has 1 aliphatic rings. The second kappa shape index (κ2) is 5.49. The lowest BCUT2D eigenvalue weighted by molar-refractivity contribution is -0.140. The molecule has 20 heavy (non-hydrogen) atoms. The normalized spacial score (nSPS) is 23.2. The molecule has 1 fully saturated rings. The first-order chi connectivity index (χ1) is 9.46. The number of benzene rings is 1. The van der Waals surface area contributed by atoms with Crippen LogP contribution in [-0.4, -0.2) is 42.4 Å². The highest BCUT2D eigenvalue weighted by atomic mass is 32.2. The standard InChI is InChI=1S/C11H12N4O4S/c12-14-13-8-6-10(11(16)17)15(7-8)20(18,19)9-4-2-1-3-5-9/h1-5,8,10,12H,6-7H2/p+1/t8-,10+/m1/s1. The minimum absolute atomic E-state index is 0.0176. The van der Waals surface area contributed by atoms with E-state index in [0.29, 0.717) is 0 Å². The summed E-state index contributed by atoms with van der Waals surface area (Å²) < 4.78 is 25.8. The van der Waals surface area contributed by atoms with Crippen LogP contribution in [0.3, 0.4) is 0 Å². The minimum Gasteiger partial charge on any atom is -0.480 e. The number of carboxylic acid groups (broad SMARTS) is 1. The van der Waals surface area contributed by atoms with Crippen LogP contribution in [0.25, 0.3) is 0 Å². The second-order valence-corrected chi connectivity index (χ2v) is 6.24. The molecule has 1 heterocycles. The maximum Gasteiger partial charge on any atom is 0.322 e. The van der Waals surface area contributed by atoms with Crippen LogP contribution in [0, 0.1) is 5.53 Å². The molecular formula is C11H13N4O4S+. The van der Waals surface area contributed by atoms with Gasteiger partial charge in [-0.25, -0.2) is 8.42 Å². The molecule has 0 aliphatic carbocycles. The third-order valence-electron chi connectivity index (χ3n) is 3.09. The average Bonchev–Trinajstić information content (AvgIpc) is 2.85. The fourth-order valence-electron chi connectivity index (χ4n) is 2.17. The van der Waals surface area contributed by atoms with Crippen molar-refractivity contribution in [2.24, 2.45) is 5.11 Å². The van der Waals surface area contributed by atoms with Gasteiger partial charge in [0, 0.05) is 13.0 Å². The van der Waals surface area contributed by atoms with Gasteiger partial charge in [-0.05, 0) is 12.1 Å². The molecule has 106 valence electrons. The van der Waals surface area contributed by atoms with E-state index in [1.165, 1.54) is 12.1 Å². The van der Waals surface area contributed by atoms with Crippen molar-refractivity contribution in [2.45, 2.75) is 23.4 Å².